The third-order valence-corrected chi connectivity index (χ3v) is 3.64. The number of carbonyl (C=O) groups is 2. The van der Waals surface area contributed by atoms with Crippen LogP contribution in [0.1, 0.15) is 51.0 Å². The van der Waals surface area contributed by atoms with Gasteiger partial charge in [-0.1, -0.05) is 69.0 Å². The molecule has 4 nitrogen and oxygen atoms in total. The zero-order valence-corrected chi connectivity index (χ0v) is 13.8. The van der Waals surface area contributed by atoms with Gasteiger partial charge in [-0.05, 0) is 24.5 Å². The molecule has 0 bridgehead atoms. The van der Waals surface area contributed by atoms with Gasteiger partial charge in [0.15, 0.2) is 0 Å². The number of amides is 1. The van der Waals surface area contributed by atoms with Gasteiger partial charge in [0.05, 0.1) is 0 Å². The van der Waals surface area contributed by atoms with Crippen molar-refractivity contribution in [3.63, 3.8) is 0 Å². The SMILES string of the molecule is CCCCCCC/C=C/C(=O)NC(Cc1ccccc1)C(=O)O. The molecule has 0 saturated carbocycles. The number of carbonyl (C=O) groups excluding carboxylic acids is 1. The van der Waals surface area contributed by atoms with Gasteiger partial charge < -0.3 is 10.4 Å². The molecule has 1 aromatic carbocycles. The first kappa shape index (κ1) is 18.9. The zero-order chi connectivity index (χ0) is 16.9. The van der Waals surface area contributed by atoms with Crippen LogP contribution in [-0.2, 0) is 16.0 Å². The number of benzene rings is 1. The van der Waals surface area contributed by atoms with Gasteiger partial charge in [0, 0.05) is 6.42 Å². The summed E-state index contributed by atoms with van der Waals surface area (Å²) in [5.74, 6) is -1.36. The van der Waals surface area contributed by atoms with Gasteiger partial charge in [-0.3, -0.25) is 4.79 Å². The molecule has 0 aliphatic carbocycles. The molecule has 1 atom stereocenters. The van der Waals surface area contributed by atoms with Crippen LogP contribution in [-0.4, -0.2) is 23.0 Å². The third kappa shape index (κ3) is 8.81. The average Bonchev–Trinajstić information content (AvgIpc) is 2.54. The molecule has 0 fully saturated rings. The fourth-order valence-electron chi connectivity index (χ4n) is 2.33. The van der Waals surface area contributed by atoms with Crippen molar-refractivity contribution in [2.24, 2.45) is 0 Å². The Kier molecular flexibility index (Phi) is 9.45. The van der Waals surface area contributed by atoms with E-state index in [4.69, 9.17) is 0 Å². The molecule has 1 unspecified atom stereocenters. The first-order valence-electron chi connectivity index (χ1n) is 8.37. The summed E-state index contributed by atoms with van der Waals surface area (Å²) in [5, 5.41) is 11.8. The molecular weight excluding hydrogens is 290 g/mol. The van der Waals surface area contributed by atoms with E-state index in [0.29, 0.717) is 0 Å². The van der Waals surface area contributed by atoms with Crippen molar-refractivity contribution in [2.75, 3.05) is 0 Å². The molecule has 0 aliphatic rings. The van der Waals surface area contributed by atoms with Crippen LogP contribution in [0.2, 0.25) is 0 Å². The number of nitrogens with one attached hydrogen (secondary N) is 1. The second-order valence-corrected chi connectivity index (χ2v) is 5.69. The molecule has 1 rings (SSSR count). The number of unbranched alkanes of at least 4 members (excludes halogenated alkanes) is 5. The number of carboxylic acids is 1. The van der Waals surface area contributed by atoms with Crippen molar-refractivity contribution in [3.05, 3.63) is 48.0 Å². The van der Waals surface area contributed by atoms with E-state index in [2.05, 4.69) is 12.2 Å². The molecule has 2 N–H and O–H groups in total. The van der Waals surface area contributed by atoms with Crippen LogP contribution in [0, 0.1) is 0 Å². The summed E-state index contributed by atoms with van der Waals surface area (Å²) in [7, 11) is 0. The highest BCUT2D eigenvalue weighted by atomic mass is 16.4. The molecule has 0 saturated heterocycles. The van der Waals surface area contributed by atoms with Gasteiger partial charge in [-0.25, -0.2) is 4.79 Å². The summed E-state index contributed by atoms with van der Waals surface area (Å²) < 4.78 is 0. The standard InChI is InChI=1S/C19H27NO3/c1-2-3-4-5-6-7-11-14-18(21)20-17(19(22)23)15-16-12-9-8-10-13-16/h8-14,17H,2-7,15H2,1H3,(H,20,21)(H,22,23)/b14-11+. The lowest BCUT2D eigenvalue weighted by molar-refractivity contribution is -0.141. The molecule has 1 amide bonds. The first-order valence-corrected chi connectivity index (χ1v) is 8.37. The van der Waals surface area contributed by atoms with E-state index in [1.54, 1.807) is 0 Å². The van der Waals surface area contributed by atoms with Crippen LogP contribution >= 0.6 is 0 Å². The van der Waals surface area contributed by atoms with Crippen LogP contribution in [0.4, 0.5) is 0 Å². The lowest BCUT2D eigenvalue weighted by Crippen LogP contribution is -2.41. The van der Waals surface area contributed by atoms with Crippen LogP contribution in [0.25, 0.3) is 0 Å². The van der Waals surface area contributed by atoms with Gasteiger partial charge in [0.2, 0.25) is 5.91 Å². The molecule has 4 heteroatoms. The second kappa shape index (κ2) is 11.5. The van der Waals surface area contributed by atoms with E-state index in [0.717, 1.165) is 18.4 Å². The van der Waals surface area contributed by atoms with E-state index < -0.39 is 12.0 Å². The zero-order valence-electron chi connectivity index (χ0n) is 13.8. The second-order valence-electron chi connectivity index (χ2n) is 5.69. The number of carboxylic acid groups (broad SMARTS) is 1. The van der Waals surface area contributed by atoms with E-state index in [-0.39, 0.29) is 12.3 Å². The molecule has 23 heavy (non-hydrogen) atoms. The lowest BCUT2D eigenvalue weighted by atomic mass is 10.1. The highest BCUT2D eigenvalue weighted by molar-refractivity contribution is 5.91. The minimum atomic E-state index is -1.02. The van der Waals surface area contributed by atoms with E-state index in [1.165, 1.54) is 31.8 Å². The lowest BCUT2D eigenvalue weighted by Gasteiger charge is -2.13. The van der Waals surface area contributed by atoms with Crippen molar-refractivity contribution >= 4 is 11.9 Å². The highest BCUT2D eigenvalue weighted by Crippen LogP contribution is 2.06. The molecule has 0 heterocycles. The highest BCUT2D eigenvalue weighted by Gasteiger charge is 2.19. The maximum Gasteiger partial charge on any atom is 0.326 e. The minimum absolute atomic E-state index is 0.284. The summed E-state index contributed by atoms with van der Waals surface area (Å²) in [5.41, 5.74) is 0.889. The summed E-state index contributed by atoms with van der Waals surface area (Å²) in [6, 6.07) is 8.39. The Hall–Kier alpha value is -2.10. The Labute approximate surface area is 138 Å². The van der Waals surface area contributed by atoms with Crippen molar-refractivity contribution in [1.82, 2.24) is 5.32 Å². The Morgan fingerprint density at radius 3 is 2.48 bits per heavy atom. The van der Waals surface area contributed by atoms with Crippen molar-refractivity contribution in [3.8, 4) is 0 Å². The van der Waals surface area contributed by atoms with E-state index in [1.807, 2.05) is 36.4 Å². The smallest absolute Gasteiger partial charge is 0.326 e. The monoisotopic (exact) mass is 317 g/mol. The maximum atomic E-state index is 11.8. The number of hydrogen-bond acceptors (Lipinski definition) is 2. The van der Waals surface area contributed by atoms with E-state index >= 15 is 0 Å². The molecule has 0 spiro atoms. The minimum Gasteiger partial charge on any atom is -0.480 e. The maximum absolute atomic E-state index is 11.8. The molecule has 0 aliphatic heterocycles. The number of rotatable bonds is 11. The quantitative estimate of drug-likeness (QED) is 0.483. The average molecular weight is 317 g/mol. The number of aliphatic carboxylic acids is 1. The van der Waals surface area contributed by atoms with Crippen molar-refractivity contribution < 1.29 is 14.7 Å². The van der Waals surface area contributed by atoms with Gasteiger partial charge in [-0.2, -0.15) is 0 Å². The van der Waals surface area contributed by atoms with Gasteiger partial charge in [-0.15, -0.1) is 0 Å². The van der Waals surface area contributed by atoms with Crippen molar-refractivity contribution in [1.29, 1.82) is 0 Å². The largest absolute Gasteiger partial charge is 0.480 e. The Balaban J connectivity index is 2.35. The first-order chi connectivity index (χ1) is 11.1. The number of hydrogen-bond donors (Lipinski definition) is 2. The van der Waals surface area contributed by atoms with Crippen LogP contribution in [0.3, 0.4) is 0 Å². The summed E-state index contributed by atoms with van der Waals surface area (Å²) in [6.07, 6.45) is 10.3. The van der Waals surface area contributed by atoms with Gasteiger partial charge in [0.1, 0.15) is 6.04 Å². The predicted octanol–water partition coefficient (Wildman–Crippen LogP) is 3.72. The van der Waals surface area contributed by atoms with Crippen LogP contribution in [0.15, 0.2) is 42.5 Å². The van der Waals surface area contributed by atoms with Gasteiger partial charge in [0.25, 0.3) is 0 Å². The fourth-order valence-corrected chi connectivity index (χ4v) is 2.33. The van der Waals surface area contributed by atoms with Gasteiger partial charge >= 0.3 is 5.97 Å². The molecule has 0 aromatic heterocycles. The van der Waals surface area contributed by atoms with E-state index in [9.17, 15) is 14.7 Å². The molecule has 0 radical (unpaired) electrons. The van der Waals surface area contributed by atoms with Crippen molar-refractivity contribution in [2.45, 2.75) is 57.9 Å². The summed E-state index contributed by atoms with van der Waals surface area (Å²) >= 11 is 0. The van der Waals surface area contributed by atoms with Crippen LogP contribution < -0.4 is 5.32 Å². The predicted molar refractivity (Wildman–Crippen MR) is 92.2 cm³/mol. The third-order valence-electron chi connectivity index (χ3n) is 3.64. The number of allylic oxidation sites excluding steroid dienone is 1. The summed E-state index contributed by atoms with van der Waals surface area (Å²) in [4.78, 5) is 23.1. The summed E-state index contributed by atoms with van der Waals surface area (Å²) in [6.45, 7) is 2.18. The normalized spacial score (nSPS) is 12.2. The van der Waals surface area contributed by atoms with Crippen LogP contribution in [0.5, 0.6) is 0 Å². The molecule has 1 aromatic rings. The molecule has 126 valence electrons. The fraction of sp³-hybridized carbons (Fsp3) is 0.474. The Morgan fingerprint density at radius 2 is 1.83 bits per heavy atom. The molecular formula is C19H27NO3. The Morgan fingerprint density at radius 1 is 1.13 bits per heavy atom. The Bertz CT molecular complexity index is 497. The topological polar surface area (TPSA) is 66.4 Å².